The summed E-state index contributed by atoms with van der Waals surface area (Å²) in [6.07, 6.45) is 4.12. The molecule has 0 amide bonds. The average molecular weight is 409 g/mol. The number of H-pyrrole nitrogens is 1. The number of β-amino-alcohol motifs (C(OH)–C–C–N with tert-alkyl or cyclic N) is 1. The van der Waals surface area contributed by atoms with Crippen molar-refractivity contribution in [3.63, 3.8) is 0 Å². The Morgan fingerprint density at radius 3 is 2.60 bits per heavy atom. The van der Waals surface area contributed by atoms with Crippen LogP contribution < -0.4 is 9.47 Å². The minimum Gasteiger partial charge on any atom is -0.496 e. The van der Waals surface area contributed by atoms with E-state index >= 15 is 0 Å². The van der Waals surface area contributed by atoms with E-state index < -0.39 is 6.10 Å². The molecule has 3 aromatic rings. The third kappa shape index (κ3) is 3.92. The van der Waals surface area contributed by atoms with Gasteiger partial charge in [-0.1, -0.05) is 12.1 Å². The van der Waals surface area contributed by atoms with Gasteiger partial charge in [-0.05, 0) is 36.3 Å². The smallest absolute Gasteiger partial charge is 0.138 e. The summed E-state index contributed by atoms with van der Waals surface area (Å²) >= 11 is 0. The number of fused-ring (bicyclic) bond motifs is 1. The van der Waals surface area contributed by atoms with E-state index in [4.69, 9.17) is 14.6 Å². The number of ether oxygens (including phenoxy) is 2. The minimum absolute atomic E-state index is 0.212. The lowest BCUT2D eigenvalue weighted by molar-refractivity contribution is 0.0623. The van der Waals surface area contributed by atoms with Gasteiger partial charge in [0.15, 0.2) is 0 Å². The zero-order valence-corrected chi connectivity index (χ0v) is 17.3. The monoisotopic (exact) mass is 409 g/mol. The maximum absolute atomic E-state index is 9.67. The summed E-state index contributed by atoms with van der Waals surface area (Å²) in [6.45, 7) is 1.84. The van der Waals surface area contributed by atoms with E-state index in [0.717, 1.165) is 58.9 Å². The van der Waals surface area contributed by atoms with Gasteiger partial charge in [0, 0.05) is 42.5 Å². The molecule has 158 valence electrons. The Hall–Kier alpha value is -2.87. The fraction of sp³-hybridized carbons (Fsp3) is 0.348. The number of aromatic amines is 1. The quantitative estimate of drug-likeness (QED) is 0.556. The van der Waals surface area contributed by atoms with E-state index in [0.29, 0.717) is 6.54 Å². The van der Waals surface area contributed by atoms with Crippen LogP contribution in [0, 0.1) is 0 Å². The fourth-order valence-electron chi connectivity index (χ4n) is 4.01. The van der Waals surface area contributed by atoms with Gasteiger partial charge in [-0.25, -0.2) is 4.98 Å². The Labute approximate surface area is 175 Å². The first-order valence-corrected chi connectivity index (χ1v) is 10.0. The molecule has 1 unspecified atom stereocenters. The van der Waals surface area contributed by atoms with Crippen LogP contribution in [0.5, 0.6) is 11.5 Å². The van der Waals surface area contributed by atoms with Crippen molar-refractivity contribution in [2.24, 2.45) is 0 Å². The number of hydrogen-bond donors (Lipinski definition) is 3. The van der Waals surface area contributed by atoms with Crippen molar-refractivity contribution in [3.8, 4) is 22.6 Å². The molecule has 1 aliphatic rings. The van der Waals surface area contributed by atoms with E-state index in [9.17, 15) is 5.11 Å². The number of hydrogen-bond acceptors (Lipinski definition) is 6. The van der Waals surface area contributed by atoms with Crippen molar-refractivity contribution < 1.29 is 19.7 Å². The number of aliphatic hydroxyl groups is 2. The topological polar surface area (TPSA) is 90.8 Å². The number of nitrogens with one attached hydrogen (secondary N) is 1. The summed E-state index contributed by atoms with van der Waals surface area (Å²) in [5.41, 5.74) is 4.99. The van der Waals surface area contributed by atoms with E-state index in [1.165, 1.54) is 5.57 Å². The number of aliphatic hydroxyl groups excluding tert-OH is 2. The highest BCUT2D eigenvalue weighted by Crippen LogP contribution is 2.41. The highest BCUT2D eigenvalue weighted by atomic mass is 16.5. The molecule has 0 saturated heterocycles. The first-order valence-electron chi connectivity index (χ1n) is 10.0. The Balaban J connectivity index is 1.70. The first-order chi connectivity index (χ1) is 14.6. The van der Waals surface area contributed by atoms with Crippen LogP contribution in [-0.4, -0.2) is 71.6 Å². The Bertz CT molecular complexity index is 1040. The van der Waals surface area contributed by atoms with Gasteiger partial charge in [0.2, 0.25) is 0 Å². The molecule has 3 heterocycles. The number of benzene rings is 1. The summed E-state index contributed by atoms with van der Waals surface area (Å²) in [5, 5.41) is 19.7. The summed E-state index contributed by atoms with van der Waals surface area (Å²) in [6, 6.07) is 9.88. The zero-order valence-electron chi connectivity index (χ0n) is 17.3. The molecule has 30 heavy (non-hydrogen) atoms. The third-order valence-corrected chi connectivity index (χ3v) is 5.55. The van der Waals surface area contributed by atoms with Crippen LogP contribution >= 0.6 is 0 Å². The molecule has 1 aliphatic heterocycles. The van der Waals surface area contributed by atoms with Gasteiger partial charge in [-0.2, -0.15) is 0 Å². The molecular formula is C23H27N3O4. The van der Waals surface area contributed by atoms with Crippen LogP contribution in [0.2, 0.25) is 0 Å². The van der Waals surface area contributed by atoms with Crippen LogP contribution in [0.4, 0.5) is 0 Å². The van der Waals surface area contributed by atoms with E-state index in [1.807, 2.05) is 24.3 Å². The molecule has 4 rings (SSSR count). The maximum atomic E-state index is 9.67. The molecule has 0 radical (unpaired) electrons. The Morgan fingerprint density at radius 1 is 1.20 bits per heavy atom. The number of aromatic nitrogens is 2. The van der Waals surface area contributed by atoms with Gasteiger partial charge in [-0.15, -0.1) is 0 Å². The van der Waals surface area contributed by atoms with Gasteiger partial charge in [-0.3, -0.25) is 4.90 Å². The molecule has 3 N–H and O–H groups in total. The molecule has 7 nitrogen and oxygen atoms in total. The number of methoxy groups -OCH3 is 2. The lowest BCUT2D eigenvalue weighted by atomic mass is 10.00. The highest BCUT2D eigenvalue weighted by Gasteiger charge is 2.20. The SMILES string of the molecule is COc1cccc(OC)c1-c1ccnc2[nH]c(C3=CCN(CC(O)CO)CC3)cc12. The molecule has 7 heteroatoms. The minimum atomic E-state index is -0.699. The van der Waals surface area contributed by atoms with E-state index in [1.54, 1.807) is 20.4 Å². The summed E-state index contributed by atoms with van der Waals surface area (Å²) < 4.78 is 11.2. The Kier molecular flexibility index (Phi) is 6.03. The summed E-state index contributed by atoms with van der Waals surface area (Å²) in [4.78, 5) is 10.1. The lowest BCUT2D eigenvalue weighted by Gasteiger charge is -2.27. The molecule has 1 atom stereocenters. The second-order valence-corrected chi connectivity index (χ2v) is 7.42. The standard InChI is InChI=1S/C23H27N3O4/c1-29-20-4-3-5-21(30-2)22(20)17-6-9-24-23-18(17)12-19(25-23)15-7-10-26(11-8-15)13-16(28)14-27/h3-7,9,12,16,27-28H,8,10-11,13-14H2,1-2H3,(H,24,25). The Morgan fingerprint density at radius 2 is 1.97 bits per heavy atom. The van der Waals surface area contributed by atoms with Crippen LogP contribution in [-0.2, 0) is 0 Å². The maximum Gasteiger partial charge on any atom is 0.138 e. The molecule has 2 aromatic heterocycles. The van der Waals surface area contributed by atoms with Crippen LogP contribution in [0.25, 0.3) is 27.7 Å². The van der Waals surface area contributed by atoms with Crippen molar-refractivity contribution in [3.05, 3.63) is 48.3 Å². The predicted molar refractivity (Wildman–Crippen MR) is 117 cm³/mol. The predicted octanol–water partition coefficient (Wildman–Crippen LogP) is 2.69. The second kappa shape index (κ2) is 8.87. The van der Waals surface area contributed by atoms with Crippen molar-refractivity contribution in [1.29, 1.82) is 0 Å². The van der Waals surface area contributed by atoms with Crippen molar-refractivity contribution in [2.45, 2.75) is 12.5 Å². The van der Waals surface area contributed by atoms with E-state index in [2.05, 4.69) is 27.0 Å². The second-order valence-electron chi connectivity index (χ2n) is 7.42. The summed E-state index contributed by atoms with van der Waals surface area (Å²) in [7, 11) is 3.32. The molecule has 0 bridgehead atoms. The van der Waals surface area contributed by atoms with Gasteiger partial charge < -0.3 is 24.7 Å². The van der Waals surface area contributed by atoms with Gasteiger partial charge in [0.05, 0.1) is 32.5 Å². The summed E-state index contributed by atoms with van der Waals surface area (Å²) in [5.74, 6) is 1.50. The number of rotatable bonds is 7. The van der Waals surface area contributed by atoms with Crippen molar-refractivity contribution in [1.82, 2.24) is 14.9 Å². The highest BCUT2D eigenvalue weighted by molar-refractivity contribution is 5.98. The normalized spacial score (nSPS) is 15.8. The van der Waals surface area contributed by atoms with Crippen molar-refractivity contribution in [2.75, 3.05) is 40.5 Å². The lowest BCUT2D eigenvalue weighted by Crippen LogP contribution is -2.37. The van der Waals surface area contributed by atoms with Gasteiger partial charge in [0.25, 0.3) is 0 Å². The largest absolute Gasteiger partial charge is 0.496 e. The van der Waals surface area contributed by atoms with Crippen molar-refractivity contribution >= 4 is 16.6 Å². The molecule has 0 saturated carbocycles. The molecule has 1 aromatic carbocycles. The van der Waals surface area contributed by atoms with Crippen LogP contribution in [0.3, 0.4) is 0 Å². The average Bonchev–Trinajstić information content (AvgIpc) is 3.23. The number of pyridine rings is 1. The molecule has 0 aliphatic carbocycles. The van der Waals surface area contributed by atoms with Crippen LogP contribution in [0.1, 0.15) is 12.1 Å². The number of nitrogens with zero attached hydrogens (tertiary/aromatic N) is 2. The van der Waals surface area contributed by atoms with Gasteiger partial charge >= 0.3 is 0 Å². The molecule has 0 fully saturated rings. The van der Waals surface area contributed by atoms with Gasteiger partial charge in [0.1, 0.15) is 17.1 Å². The third-order valence-electron chi connectivity index (χ3n) is 5.55. The van der Waals surface area contributed by atoms with E-state index in [-0.39, 0.29) is 6.61 Å². The molecular weight excluding hydrogens is 382 g/mol. The fourth-order valence-corrected chi connectivity index (χ4v) is 4.01. The molecule has 0 spiro atoms. The van der Waals surface area contributed by atoms with Crippen LogP contribution in [0.15, 0.2) is 42.6 Å². The first kappa shape index (κ1) is 20.4. The zero-order chi connectivity index (χ0) is 21.1.